The Kier molecular flexibility index (Phi) is 3.35. The first kappa shape index (κ1) is 13.9. The average Bonchev–Trinajstić information content (AvgIpc) is 2.70. The third kappa shape index (κ3) is 2.26. The van der Waals surface area contributed by atoms with Crippen molar-refractivity contribution in [2.45, 2.75) is 44.8 Å². The molecule has 1 aliphatic heterocycles. The summed E-state index contributed by atoms with van der Waals surface area (Å²) < 4.78 is 6.32. The Morgan fingerprint density at radius 3 is 2.76 bits per heavy atom. The van der Waals surface area contributed by atoms with Crippen molar-refractivity contribution in [2.75, 3.05) is 0 Å². The Labute approximate surface area is 123 Å². The van der Waals surface area contributed by atoms with Crippen molar-refractivity contribution >= 4 is 11.7 Å². The summed E-state index contributed by atoms with van der Waals surface area (Å²) in [4.78, 5) is 12.1. The summed E-state index contributed by atoms with van der Waals surface area (Å²) >= 11 is 0. The Hall–Kier alpha value is -2.04. The number of rotatable bonds is 2. The van der Waals surface area contributed by atoms with Crippen LogP contribution < -0.4 is 0 Å². The van der Waals surface area contributed by atoms with Gasteiger partial charge in [-0.05, 0) is 30.5 Å². The van der Waals surface area contributed by atoms with E-state index in [1.807, 2.05) is 6.92 Å². The van der Waals surface area contributed by atoms with E-state index in [2.05, 4.69) is 0 Å². The summed E-state index contributed by atoms with van der Waals surface area (Å²) in [5.41, 5.74) is -0.0303. The maximum Gasteiger partial charge on any atom is 0.405 e. The van der Waals surface area contributed by atoms with E-state index in [0.29, 0.717) is 6.42 Å². The van der Waals surface area contributed by atoms with E-state index in [1.54, 1.807) is 24.3 Å². The molecule has 2 atom stereocenters. The highest BCUT2D eigenvalue weighted by Crippen LogP contribution is 2.40. The highest BCUT2D eigenvalue weighted by molar-refractivity contribution is 6.35. The molecule has 0 amide bonds. The molecule has 0 radical (unpaired) electrons. The monoisotopic (exact) mass is 289 g/mol. The summed E-state index contributed by atoms with van der Waals surface area (Å²) in [5, 5.41) is 21.9. The number of hydrogen-bond acceptors (Lipinski definition) is 4. The van der Waals surface area contributed by atoms with Crippen LogP contribution in [0.25, 0.3) is 0 Å². The van der Waals surface area contributed by atoms with Crippen LogP contribution in [0, 0.1) is 11.1 Å². The average molecular weight is 289 g/mol. The Morgan fingerprint density at radius 1 is 1.38 bits per heavy atom. The molecular weight excluding hydrogens is 270 g/mol. The highest BCUT2D eigenvalue weighted by atomic mass is 16.6. The fraction of sp³-hybridized carbons (Fsp3) is 0.500. The number of carbonyl (C=O) groups excluding carboxylic acids is 1. The summed E-state index contributed by atoms with van der Waals surface area (Å²) in [7, 11) is 0. The number of phenolic OH excluding ortho intramolecular Hbond substituents is 1. The van der Waals surface area contributed by atoms with Crippen molar-refractivity contribution in [3.8, 4) is 5.75 Å². The maximum absolute atomic E-state index is 12.7. The van der Waals surface area contributed by atoms with Crippen molar-refractivity contribution in [3.63, 3.8) is 0 Å². The number of benzene rings is 1. The molecule has 112 valence electrons. The summed E-state index contributed by atoms with van der Waals surface area (Å²) in [6.45, 7) is 1.97. The first-order valence-electron chi connectivity index (χ1n) is 7.37. The number of carbonyl (C=O) groups is 1. The van der Waals surface area contributed by atoms with Crippen LogP contribution in [0.2, 0.25) is 0 Å². The first-order valence-corrected chi connectivity index (χ1v) is 7.37. The molecule has 2 aliphatic rings. The number of hydroxylamine groups is 1. The normalized spacial score (nSPS) is 29.0. The highest BCUT2D eigenvalue weighted by Gasteiger charge is 2.57. The molecule has 1 fully saturated rings. The fourth-order valence-corrected chi connectivity index (χ4v) is 3.28. The number of hydrogen-bond donors (Lipinski definition) is 1. The lowest BCUT2D eigenvalue weighted by Gasteiger charge is -2.34. The van der Waals surface area contributed by atoms with Crippen LogP contribution in [-0.4, -0.2) is 27.3 Å². The van der Waals surface area contributed by atoms with Gasteiger partial charge in [0.25, 0.3) is 5.71 Å². The lowest BCUT2D eigenvalue weighted by molar-refractivity contribution is -0.607. The lowest BCUT2D eigenvalue weighted by atomic mass is 9.82. The van der Waals surface area contributed by atoms with E-state index in [-0.39, 0.29) is 23.8 Å². The number of ether oxygens (including phenoxy) is 1. The number of phenols is 1. The smallest absolute Gasteiger partial charge is 0.405 e. The zero-order valence-electron chi connectivity index (χ0n) is 12.0. The summed E-state index contributed by atoms with van der Waals surface area (Å²) in [5.74, 6) is -0.300. The van der Waals surface area contributed by atoms with Gasteiger partial charge in [0.2, 0.25) is 0 Å². The molecule has 5 heteroatoms. The Morgan fingerprint density at radius 2 is 2.10 bits per heavy atom. The molecule has 1 spiro atoms. The van der Waals surface area contributed by atoms with Crippen molar-refractivity contribution in [1.29, 1.82) is 0 Å². The standard InChI is InChI=1S/C16H19NO4/c1-11-4-2-3-9-16(11)17(20)14(15(19)21-16)10-12-5-7-13(18)8-6-12/h5-8,11,18H,2-4,9-10H2,1H3. The van der Waals surface area contributed by atoms with Gasteiger partial charge in [-0.1, -0.05) is 25.5 Å². The van der Waals surface area contributed by atoms with Gasteiger partial charge in [0, 0.05) is 0 Å². The minimum absolute atomic E-state index is 0.0463. The van der Waals surface area contributed by atoms with Gasteiger partial charge in [0.1, 0.15) is 5.75 Å². The van der Waals surface area contributed by atoms with Gasteiger partial charge in [0.15, 0.2) is 0 Å². The second-order valence-electron chi connectivity index (χ2n) is 5.97. The van der Waals surface area contributed by atoms with Crippen LogP contribution in [0.4, 0.5) is 0 Å². The maximum atomic E-state index is 12.7. The van der Waals surface area contributed by atoms with Gasteiger partial charge in [-0.25, -0.2) is 4.79 Å². The second kappa shape index (κ2) is 5.06. The van der Waals surface area contributed by atoms with Crippen LogP contribution in [-0.2, 0) is 16.0 Å². The van der Waals surface area contributed by atoms with Crippen LogP contribution >= 0.6 is 0 Å². The third-order valence-corrected chi connectivity index (χ3v) is 4.59. The third-order valence-electron chi connectivity index (χ3n) is 4.59. The van der Waals surface area contributed by atoms with Crippen LogP contribution in [0.5, 0.6) is 5.75 Å². The minimum atomic E-state index is -0.998. The molecule has 1 aromatic rings. The minimum Gasteiger partial charge on any atom is -0.620 e. The molecule has 2 unspecified atom stereocenters. The van der Waals surface area contributed by atoms with Crippen LogP contribution in [0.1, 0.15) is 38.2 Å². The second-order valence-corrected chi connectivity index (χ2v) is 5.97. The van der Waals surface area contributed by atoms with Gasteiger partial charge in [0.05, 0.1) is 18.8 Å². The molecule has 21 heavy (non-hydrogen) atoms. The zero-order valence-corrected chi connectivity index (χ0v) is 12.0. The van der Waals surface area contributed by atoms with Gasteiger partial charge < -0.3 is 15.1 Å². The largest absolute Gasteiger partial charge is 0.620 e. The van der Waals surface area contributed by atoms with E-state index in [0.717, 1.165) is 29.6 Å². The van der Waals surface area contributed by atoms with E-state index in [9.17, 15) is 15.1 Å². The molecule has 0 saturated heterocycles. The van der Waals surface area contributed by atoms with Crippen molar-refractivity contribution in [2.24, 2.45) is 5.92 Å². The van der Waals surface area contributed by atoms with Gasteiger partial charge in [-0.15, -0.1) is 0 Å². The van der Waals surface area contributed by atoms with Crippen LogP contribution in [0.3, 0.4) is 0 Å². The molecule has 1 heterocycles. The van der Waals surface area contributed by atoms with Crippen molar-refractivity contribution in [1.82, 2.24) is 0 Å². The zero-order chi connectivity index (χ0) is 15.0. The molecular formula is C16H19NO4. The summed E-state index contributed by atoms with van der Waals surface area (Å²) in [6.07, 6.45) is 3.71. The van der Waals surface area contributed by atoms with Crippen LogP contribution in [0.15, 0.2) is 24.3 Å². The topological polar surface area (TPSA) is 72.6 Å². The SMILES string of the molecule is CC1CCCCC12OC(=O)C(Cc1ccc(O)cc1)=[N+]2[O-]. The fourth-order valence-electron chi connectivity index (χ4n) is 3.28. The Balaban J connectivity index is 1.91. The van der Waals surface area contributed by atoms with E-state index in [1.165, 1.54) is 0 Å². The van der Waals surface area contributed by atoms with E-state index < -0.39 is 11.7 Å². The predicted octanol–water partition coefficient (Wildman–Crippen LogP) is 2.35. The number of nitrogens with zero attached hydrogens (tertiary/aromatic N) is 1. The van der Waals surface area contributed by atoms with Gasteiger partial charge >= 0.3 is 11.7 Å². The quantitative estimate of drug-likeness (QED) is 0.515. The Bertz CT molecular complexity index is 593. The molecule has 3 rings (SSSR count). The number of aromatic hydroxyl groups is 1. The van der Waals surface area contributed by atoms with Crippen molar-refractivity contribution in [3.05, 3.63) is 35.0 Å². The lowest BCUT2D eigenvalue weighted by Crippen LogP contribution is -2.47. The molecule has 1 aromatic carbocycles. The number of esters is 1. The van der Waals surface area contributed by atoms with Gasteiger partial charge in [-0.3, -0.25) is 0 Å². The molecule has 1 N–H and O–H groups in total. The predicted molar refractivity (Wildman–Crippen MR) is 76.9 cm³/mol. The van der Waals surface area contributed by atoms with Crippen molar-refractivity contribution < 1.29 is 19.4 Å². The molecule has 5 nitrogen and oxygen atoms in total. The summed E-state index contributed by atoms with van der Waals surface area (Å²) in [6, 6.07) is 6.51. The molecule has 0 bridgehead atoms. The molecule has 1 saturated carbocycles. The van der Waals surface area contributed by atoms with E-state index in [4.69, 9.17) is 4.74 Å². The van der Waals surface area contributed by atoms with E-state index >= 15 is 0 Å². The first-order chi connectivity index (χ1) is 10.0. The molecule has 0 aromatic heterocycles. The van der Waals surface area contributed by atoms with Gasteiger partial charge in [-0.2, -0.15) is 4.74 Å². The molecule has 1 aliphatic carbocycles.